The number of aromatic nitrogens is 4. The Morgan fingerprint density at radius 1 is 0.960 bits per heavy atom. The highest BCUT2D eigenvalue weighted by Gasteiger charge is 2.08. The summed E-state index contributed by atoms with van der Waals surface area (Å²) in [5.41, 5.74) is 7.80. The molecule has 4 N–H and O–H groups in total. The van der Waals surface area contributed by atoms with Crippen LogP contribution in [-0.2, 0) is 7.05 Å². The average molecular weight is 333 g/mol. The molecule has 0 bridgehead atoms. The number of nitrogens with zero attached hydrogens (tertiary/aromatic N) is 4. The number of hydrogen-bond donors (Lipinski definition) is 3. The summed E-state index contributed by atoms with van der Waals surface area (Å²) in [4.78, 5) is 8.74. The van der Waals surface area contributed by atoms with E-state index in [0.717, 1.165) is 23.3 Å². The Kier molecular flexibility index (Phi) is 3.81. The molecular weight excluding hydrogens is 314 g/mol. The second-order valence-corrected chi connectivity index (χ2v) is 5.82. The highest BCUT2D eigenvalue weighted by atomic mass is 15.3. The number of nitrogen functional groups attached to an aromatic ring is 1. The van der Waals surface area contributed by atoms with Crippen LogP contribution in [0.5, 0.6) is 0 Å². The minimum absolute atomic E-state index is 0.433. The number of anilines is 3. The number of aryl methyl sites for hydroxylation is 1. The van der Waals surface area contributed by atoms with Crippen LogP contribution in [-0.4, -0.2) is 32.8 Å². The molecule has 0 atom stereocenters. The summed E-state index contributed by atoms with van der Waals surface area (Å²) in [5, 5.41) is 14.0. The molecule has 0 amide bonds. The fourth-order valence-corrected chi connectivity index (χ4v) is 2.87. The standard InChI is InChI=1S/C18H19N7/c1-25-17-14(11-22-25)16(19)23-18(24-17)21-10-9-20-15-8-4-6-12-5-2-3-7-13(12)15/h2-8,11,20H,9-10H2,1H3,(H3,19,21,23,24). The van der Waals surface area contributed by atoms with Gasteiger partial charge < -0.3 is 16.4 Å². The van der Waals surface area contributed by atoms with E-state index in [0.29, 0.717) is 18.3 Å². The summed E-state index contributed by atoms with van der Waals surface area (Å²) >= 11 is 0. The van der Waals surface area contributed by atoms with Crippen molar-refractivity contribution in [2.45, 2.75) is 0 Å². The van der Waals surface area contributed by atoms with E-state index in [9.17, 15) is 0 Å². The molecule has 2 heterocycles. The molecule has 0 aliphatic heterocycles. The van der Waals surface area contributed by atoms with Gasteiger partial charge >= 0.3 is 0 Å². The maximum atomic E-state index is 5.97. The van der Waals surface area contributed by atoms with Gasteiger partial charge in [0.05, 0.1) is 11.6 Å². The van der Waals surface area contributed by atoms with Crippen LogP contribution in [0.25, 0.3) is 21.8 Å². The third kappa shape index (κ3) is 2.91. The molecule has 2 aromatic heterocycles. The van der Waals surface area contributed by atoms with Crippen molar-refractivity contribution in [1.82, 2.24) is 19.7 Å². The van der Waals surface area contributed by atoms with Crippen LogP contribution in [0.3, 0.4) is 0 Å². The van der Waals surface area contributed by atoms with Gasteiger partial charge in [0.1, 0.15) is 5.82 Å². The van der Waals surface area contributed by atoms with Crippen LogP contribution in [0.1, 0.15) is 0 Å². The first kappa shape index (κ1) is 15.2. The Balaban J connectivity index is 1.43. The molecule has 0 aliphatic rings. The van der Waals surface area contributed by atoms with Gasteiger partial charge in [0.15, 0.2) is 5.65 Å². The summed E-state index contributed by atoms with van der Waals surface area (Å²) in [6.07, 6.45) is 1.68. The molecule has 4 aromatic rings. The Morgan fingerprint density at radius 2 is 1.76 bits per heavy atom. The van der Waals surface area contributed by atoms with Crippen molar-refractivity contribution >= 4 is 39.3 Å². The van der Waals surface area contributed by atoms with E-state index in [1.54, 1.807) is 10.9 Å². The number of fused-ring (bicyclic) bond motifs is 2. The lowest BCUT2D eigenvalue weighted by atomic mass is 10.1. The van der Waals surface area contributed by atoms with Gasteiger partial charge in [-0.25, -0.2) is 0 Å². The van der Waals surface area contributed by atoms with E-state index in [-0.39, 0.29) is 0 Å². The Labute approximate surface area is 144 Å². The number of nitrogens with one attached hydrogen (secondary N) is 2. The van der Waals surface area contributed by atoms with E-state index in [1.807, 2.05) is 19.2 Å². The summed E-state index contributed by atoms with van der Waals surface area (Å²) in [7, 11) is 1.83. The molecule has 25 heavy (non-hydrogen) atoms. The van der Waals surface area contributed by atoms with Crippen molar-refractivity contribution in [2.24, 2.45) is 7.05 Å². The molecule has 0 unspecified atom stereocenters. The van der Waals surface area contributed by atoms with Gasteiger partial charge in [0.25, 0.3) is 0 Å². The van der Waals surface area contributed by atoms with E-state index in [1.165, 1.54) is 10.8 Å². The Bertz CT molecular complexity index is 1030. The van der Waals surface area contributed by atoms with Gasteiger partial charge in [-0.05, 0) is 11.5 Å². The van der Waals surface area contributed by atoms with Gasteiger partial charge in [0, 0.05) is 31.2 Å². The third-order valence-corrected chi connectivity index (χ3v) is 4.13. The minimum atomic E-state index is 0.433. The van der Waals surface area contributed by atoms with E-state index >= 15 is 0 Å². The molecule has 7 heteroatoms. The third-order valence-electron chi connectivity index (χ3n) is 4.13. The van der Waals surface area contributed by atoms with Crippen LogP contribution in [0.4, 0.5) is 17.5 Å². The van der Waals surface area contributed by atoms with Crippen LogP contribution in [0, 0.1) is 0 Å². The summed E-state index contributed by atoms with van der Waals surface area (Å²) < 4.78 is 1.69. The first-order valence-electron chi connectivity index (χ1n) is 8.13. The highest BCUT2D eigenvalue weighted by molar-refractivity contribution is 5.93. The normalized spacial score (nSPS) is 11.1. The number of rotatable bonds is 5. The van der Waals surface area contributed by atoms with Gasteiger partial charge in [-0.15, -0.1) is 0 Å². The quantitative estimate of drug-likeness (QED) is 0.486. The zero-order valence-electron chi connectivity index (χ0n) is 13.9. The molecule has 0 radical (unpaired) electrons. The number of nitrogens with two attached hydrogens (primary N) is 1. The van der Waals surface area contributed by atoms with Crippen LogP contribution in [0.15, 0.2) is 48.7 Å². The fourth-order valence-electron chi connectivity index (χ4n) is 2.87. The predicted octanol–water partition coefficient (Wildman–Crippen LogP) is 2.62. The van der Waals surface area contributed by atoms with Crippen LogP contribution in [0.2, 0.25) is 0 Å². The molecule has 0 aliphatic carbocycles. The fraction of sp³-hybridized carbons (Fsp3) is 0.167. The minimum Gasteiger partial charge on any atom is -0.383 e. The van der Waals surface area contributed by atoms with Gasteiger partial charge in [0.2, 0.25) is 5.95 Å². The second kappa shape index (κ2) is 6.27. The lowest BCUT2D eigenvalue weighted by Gasteiger charge is -2.11. The van der Waals surface area contributed by atoms with Crippen LogP contribution >= 0.6 is 0 Å². The van der Waals surface area contributed by atoms with Crippen molar-refractivity contribution in [3.63, 3.8) is 0 Å². The predicted molar refractivity (Wildman–Crippen MR) is 102 cm³/mol. The molecular formula is C18H19N7. The average Bonchev–Trinajstić information content (AvgIpc) is 3.00. The van der Waals surface area contributed by atoms with Gasteiger partial charge in [-0.2, -0.15) is 15.1 Å². The maximum absolute atomic E-state index is 5.97. The second-order valence-electron chi connectivity index (χ2n) is 5.82. The van der Waals surface area contributed by atoms with E-state index in [4.69, 9.17) is 5.73 Å². The topological polar surface area (TPSA) is 93.7 Å². The first-order valence-corrected chi connectivity index (χ1v) is 8.13. The molecule has 0 saturated heterocycles. The van der Waals surface area contributed by atoms with Crippen molar-refractivity contribution in [2.75, 3.05) is 29.5 Å². The molecule has 2 aromatic carbocycles. The summed E-state index contributed by atoms with van der Waals surface area (Å²) in [6.45, 7) is 1.41. The zero-order valence-corrected chi connectivity index (χ0v) is 13.9. The lowest BCUT2D eigenvalue weighted by Crippen LogP contribution is -2.16. The number of hydrogen-bond acceptors (Lipinski definition) is 6. The SMILES string of the molecule is Cn1ncc2c(N)nc(NCCNc3cccc4ccccc34)nc21. The Morgan fingerprint density at radius 3 is 2.68 bits per heavy atom. The van der Waals surface area contributed by atoms with E-state index < -0.39 is 0 Å². The zero-order chi connectivity index (χ0) is 17.2. The number of benzene rings is 2. The maximum Gasteiger partial charge on any atom is 0.226 e. The van der Waals surface area contributed by atoms with Crippen LogP contribution < -0.4 is 16.4 Å². The van der Waals surface area contributed by atoms with E-state index in [2.05, 4.69) is 56.0 Å². The lowest BCUT2D eigenvalue weighted by molar-refractivity contribution is 0.785. The molecule has 7 nitrogen and oxygen atoms in total. The van der Waals surface area contributed by atoms with Crippen molar-refractivity contribution in [1.29, 1.82) is 0 Å². The molecule has 0 fully saturated rings. The molecule has 126 valence electrons. The van der Waals surface area contributed by atoms with Gasteiger partial charge in [-0.1, -0.05) is 36.4 Å². The highest BCUT2D eigenvalue weighted by Crippen LogP contribution is 2.22. The monoisotopic (exact) mass is 333 g/mol. The van der Waals surface area contributed by atoms with Crippen molar-refractivity contribution in [3.8, 4) is 0 Å². The summed E-state index contributed by atoms with van der Waals surface area (Å²) in [6, 6.07) is 14.6. The molecule has 0 saturated carbocycles. The van der Waals surface area contributed by atoms with Gasteiger partial charge in [-0.3, -0.25) is 4.68 Å². The largest absolute Gasteiger partial charge is 0.383 e. The summed E-state index contributed by atoms with van der Waals surface area (Å²) in [5.74, 6) is 0.941. The first-order chi connectivity index (χ1) is 12.2. The smallest absolute Gasteiger partial charge is 0.226 e. The molecule has 4 rings (SSSR count). The van der Waals surface area contributed by atoms with Crippen molar-refractivity contribution < 1.29 is 0 Å². The Hall–Kier alpha value is -3.35. The molecule has 0 spiro atoms. The van der Waals surface area contributed by atoms with Crippen molar-refractivity contribution in [3.05, 3.63) is 48.7 Å².